The van der Waals surface area contributed by atoms with Crippen molar-refractivity contribution in [1.29, 1.82) is 0 Å². The lowest BCUT2D eigenvalue weighted by Gasteiger charge is -2.30. The van der Waals surface area contributed by atoms with Gasteiger partial charge in [-0.15, -0.1) is 11.8 Å². The number of hydrogen-bond donors (Lipinski definition) is 2. The Balaban J connectivity index is 1.60. The molecule has 0 amide bonds. The van der Waals surface area contributed by atoms with Crippen LogP contribution in [-0.4, -0.2) is 12.0 Å². The van der Waals surface area contributed by atoms with Crippen LogP contribution in [0, 0.1) is 0 Å². The summed E-state index contributed by atoms with van der Waals surface area (Å²) in [5.41, 5.74) is 6.30. The van der Waals surface area contributed by atoms with Gasteiger partial charge in [-0.25, -0.2) is 0 Å². The predicted molar refractivity (Wildman–Crippen MR) is 125 cm³/mol. The molecule has 3 aromatic carbocycles. The van der Waals surface area contributed by atoms with Crippen LogP contribution in [0.25, 0.3) is 0 Å². The van der Waals surface area contributed by atoms with Crippen molar-refractivity contribution in [3.05, 3.63) is 101 Å². The Morgan fingerprint density at radius 2 is 1.50 bits per heavy atom. The number of carbonyl (C=O) groups excluding carboxylic acids is 1. The highest BCUT2D eigenvalue weighted by Gasteiger charge is 2.35. The molecule has 0 saturated heterocycles. The maximum Gasteiger partial charge on any atom is 0.163 e. The van der Waals surface area contributed by atoms with Gasteiger partial charge in [-0.05, 0) is 54.0 Å². The number of anilines is 2. The van der Waals surface area contributed by atoms with Crippen molar-refractivity contribution in [2.24, 2.45) is 0 Å². The molecular formula is C26H24N2OS. The molecule has 0 bridgehead atoms. The summed E-state index contributed by atoms with van der Waals surface area (Å²) in [6, 6.07) is 27.0. The van der Waals surface area contributed by atoms with Crippen LogP contribution in [0.3, 0.4) is 0 Å². The van der Waals surface area contributed by atoms with Crippen LogP contribution in [0.1, 0.15) is 35.9 Å². The third-order valence-corrected chi connectivity index (χ3v) is 6.77. The number of allylic oxidation sites excluding steroid dienone is 1. The van der Waals surface area contributed by atoms with Crippen LogP contribution in [0.2, 0.25) is 0 Å². The van der Waals surface area contributed by atoms with Crippen LogP contribution in [0.15, 0.2) is 95.0 Å². The number of Topliss-reactive ketones (excluding diaryl/α,β-unsaturated/α-hetero) is 1. The molecule has 1 heterocycles. The third kappa shape index (κ3) is 3.52. The van der Waals surface area contributed by atoms with Gasteiger partial charge in [0.15, 0.2) is 5.78 Å². The van der Waals surface area contributed by atoms with Gasteiger partial charge < -0.3 is 10.6 Å². The fourth-order valence-corrected chi connectivity index (χ4v) is 4.91. The molecule has 0 saturated carbocycles. The summed E-state index contributed by atoms with van der Waals surface area (Å²) in [6.45, 7) is 0. The van der Waals surface area contributed by atoms with Crippen molar-refractivity contribution in [1.82, 2.24) is 0 Å². The number of ketones is 1. The highest BCUT2D eigenvalue weighted by molar-refractivity contribution is 7.98. The topological polar surface area (TPSA) is 41.1 Å². The number of rotatable bonds is 3. The molecule has 5 rings (SSSR count). The lowest BCUT2D eigenvalue weighted by atomic mass is 9.78. The van der Waals surface area contributed by atoms with Crippen LogP contribution in [0.5, 0.6) is 0 Å². The SMILES string of the molecule is CSc1ccc([C@@H]2Nc3ccccc3NC3=C2C(=O)C[C@H](c2ccccc2)C3)cc1. The van der Waals surface area contributed by atoms with Gasteiger partial charge in [0.1, 0.15) is 0 Å². The molecule has 0 spiro atoms. The van der Waals surface area contributed by atoms with Crippen LogP contribution in [0.4, 0.5) is 11.4 Å². The number of para-hydroxylation sites is 2. The summed E-state index contributed by atoms with van der Waals surface area (Å²) in [5.74, 6) is 0.423. The summed E-state index contributed by atoms with van der Waals surface area (Å²) in [6.07, 6.45) is 3.45. The van der Waals surface area contributed by atoms with Crippen LogP contribution < -0.4 is 10.6 Å². The van der Waals surface area contributed by atoms with Gasteiger partial charge in [-0.3, -0.25) is 4.79 Å². The Bertz CT molecular complexity index is 1110. The van der Waals surface area contributed by atoms with E-state index in [0.717, 1.165) is 34.6 Å². The molecule has 30 heavy (non-hydrogen) atoms. The maximum absolute atomic E-state index is 13.5. The number of hydrogen-bond acceptors (Lipinski definition) is 4. The summed E-state index contributed by atoms with van der Waals surface area (Å²) < 4.78 is 0. The largest absolute Gasteiger partial charge is 0.372 e. The van der Waals surface area contributed by atoms with Crippen molar-refractivity contribution >= 4 is 28.9 Å². The van der Waals surface area contributed by atoms with Gasteiger partial charge in [0, 0.05) is 22.6 Å². The van der Waals surface area contributed by atoms with Crippen molar-refractivity contribution in [3.63, 3.8) is 0 Å². The molecule has 150 valence electrons. The highest BCUT2D eigenvalue weighted by Crippen LogP contribution is 2.44. The van der Waals surface area contributed by atoms with E-state index in [2.05, 4.69) is 77.6 Å². The normalized spacial score (nSPS) is 20.5. The van der Waals surface area contributed by atoms with Gasteiger partial charge >= 0.3 is 0 Å². The number of benzene rings is 3. The average molecular weight is 413 g/mol. The predicted octanol–water partition coefficient (Wildman–Crippen LogP) is 6.39. The van der Waals surface area contributed by atoms with Gasteiger partial charge in [-0.1, -0.05) is 54.6 Å². The second kappa shape index (κ2) is 8.04. The minimum absolute atomic E-state index is 0.156. The van der Waals surface area contributed by atoms with Gasteiger partial charge in [-0.2, -0.15) is 0 Å². The Hall–Kier alpha value is -2.98. The Morgan fingerprint density at radius 1 is 0.800 bits per heavy atom. The van der Waals surface area contributed by atoms with E-state index >= 15 is 0 Å². The molecule has 0 fully saturated rings. The molecule has 0 aromatic heterocycles. The van der Waals surface area contributed by atoms with E-state index in [1.54, 1.807) is 11.8 Å². The van der Waals surface area contributed by atoms with Crippen molar-refractivity contribution < 1.29 is 4.79 Å². The monoisotopic (exact) mass is 412 g/mol. The molecule has 2 N–H and O–H groups in total. The first-order chi connectivity index (χ1) is 14.7. The molecule has 4 heteroatoms. The fourth-order valence-electron chi connectivity index (χ4n) is 4.50. The molecule has 2 atom stereocenters. The first-order valence-corrected chi connectivity index (χ1v) is 11.5. The van der Waals surface area contributed by atoms with E-state index < -0.39 is 0 Å². The minimum Gasteiger partial charge on any atom is -0.372 e. The lowest BCUT2D eigenvalue weighted by molar-refractivity contribution is -0.116. The minimum atomic E-state index is -0.156. The number of thioether (sulfide) groups is 1. The van der Waals surface area contributed by atoms with Gasteiger partial charge in [0.2, 0.25) is 0 Å². The summed E-state index contributed by atoms with van der Waals surface area (Å²) in [4.78, 5) is 14.7. The molecule has 1 aliphatic heterocycles. The fraction of sp³-hybridized carbons (Fsp3) is 0.192. The average Bonchev–Trinajstić information content (AvgIpc) is 2.96. The number of fused-ring (bicyclic) bond motifs is 1. The second-order valence-corrected chi connectivity index (χ2v) is 8.73. The van der Waals surface area contributed by atoms with E-state index in [-0.39, 0.29) is 17.7 Å². The molecule has 0 unspecified atom stereocenters. The first kappa shape index (κ1) is 19.0. The first-order valence-electron chi connectivity index (χ1n) is 10.3. The van der Waals surface area contributed by atoms with Crippen molar-refractivity contribution in [2.75, 3.05) is 16.9 Å². The third-order valence-electron chi connectivity index (χ3n) is 6.03. The Labute approximate surface area is 181 Å². The van der Waals surface area contributed by atoms with Crippen molar-refractivity contribution in [2.45, 2.75) is 29.7 Å². The zero-order valence-corrected chi connectivity index (χ0v) is 17.7. The number of carbonyl (C=O) groups is 1. The maximum atomic E-state index is 13.5. The molecular weight excluding hydrogens is 388 g/mol. The smallest absolute Gasteiger partial charge is 0.163 e. The molecule has 3 nitrogen and oxygen atoms in total. The van der Waals surface area contributed by atoms with Gasteiger partial charge in [0.05, 0.1) is 17.4 Å². The molecule has 2 aliphatic rings. The van der Waals surface area contributed by atoms with Crippen molar-refractivity contribution in [3.8, 4) is 0 Å². The zero-order chi connectivity index (χ0) is 20.5. The number of nitrogens with one attached hydrogen (secondary N) is 2. The highest BCUT2D eigenvalue weighted by atomic mass is 32.2. The molecule has 1 aliphatic carbocycles. The van der Waals surface area contributed by atoms with E-state index in [9.17, 15) is 4.79 Å². The lowest BCUT2D eigenvalue weighted by Crippen LogP contribution is -2.26. The van der Waals surface area contributed by atoms with Crippen LogP contribution >= 0.6 is 11.8 Å². The Morgan fingerprint density at radius 3 is 2.23 bits per heavy atom. The summed E-state index contributed by atoms with van der Waals surface area (Å²) >= 11 is 1.73. The molecule has 3 aromatic rings. The van der Waals surface area contributed by atoms with Gasteiger partial charge in [0.25, 0.3) is 0 Å². The van der Waals surface area contributed by atoms with E-state index in [0.29, 0.717) is 6.42 Å². The second-order valence-electron chi connectivity index (χ2n) is 7.85. The standard InChI is InChI=1S/C26H24N2OS/c1-30-20-13-11-18(12-14-20)26-25-23(27-21-9-5-6-10-22(21)28-26)15-19(16-24(25)29)17-7-3-2-4-8-17/h2-14,19,26-28H,15-16H2,1H3/t19-,26+/m1/s1. The Kier molecular flexibility index (Phi) is 5.09. The quantitative estimate of drug-likeness (QED) is 0.489. The van der Waals surface area contributed by atoms with Crippen LogP contribution in [-0.2, 0) is 4.79 Å². The summed E-state index contributed by atoms with van der Waals surface area (Å²) in [7, 11) is 0. The summed E-state index contributed by atoms with van der Waals surface area (Å²) in [5, 5.41) is 7.26. The zero-order valence-electron chi connectivity index (χ0n) is 16.9. The van der Waals surface area contributed by atoms with E-state index in [4.69, 9.17) is 0 Å². The van der Waals surface area contributed by atoms with E-state index in [1.807, 2.05) is 18.2 Å². The van der Waals surface area contributed by atoms with E-state index in [1.165, 1.54) is 10.5 Å². The molecule has 0 radical (unpaired) electrons.